The lowest BCUT2D eigenvalue weighted by atomic mass is 10.1. The van der Waals surface area contributed by atoms with Gasteiger partial charge in [-0.1, -0.05) is 6.07 Å². The molecule has 2 N–H and O–H groups in total. The van der Waals surface area contributed by atoms with Gasteiger partial charge in [-0.3, -0.25) is 0 Å². The van der Waals surface area contributed by atoms with E-state index in [9.17, 15) is 4.79 Å². The Morgan fingerprint density at radius 3 is 2.75 bits per heavy atom. The summed E-state index contributed by atoms with van der Waals surface area (Å²) in [5, 5.41) is 0.773. The number of methoxy groups -OCH3 is 1. The molecule has 0 aliphatic rings. The molecule has 1 aromatic heterocycles. The molecule has 0 aliphatic carbocycles. The maximum absolute atomic E-state index is 12.0. The van der Waals surface area contributed by atoms with Crippen molar-refractivity contribution in [3.05, 3.63) is 39.3 Å². The normalized spacial score (nSPS) is 10.3. The van der Waals surface area contributed by atoms with Crippen LogP contribution in [0.5, 0.6) is 5.75 Å². The van der Waals surface area contributed by atoms with Crippen LogP contribution in [-0.2, 0) is 11.3 Å². The number of hydrogen-bond acceptors (Lipinski definition) is 6. The quantitative estimate of drug-likeness (QED) is 0.692. The first-order valence-corrected chi connectivity index (χ1v) is 6.87. The van der Waals surface area contributed by atoms with Crippen LogP contribution in [-0.4, -0.2) is 18.1 Å². The second kappa shape index (κ2) is 5.92. The van der Waals surface area contributed by atoms with Gasteiger partial charge in [0, 0.05) is 4.88 Å². The van der Waals surface area contributed by atoms with Crippen molar-refractivity contribution in [1.29, 1.82) is 0 Å². The van der Waals surface area contributed by atoms with Crippen LogP contribution in [0.1, 0.15) is 25.9 Å². The van der Waals surface area contributed by atoms with Gasteiger partial charge in [-0.25, -0.2) is 9.78 Å². The van der Waals surface area contributed by atoms with Crippen LogP contribution < -0.4 is 10.5 Å². The van der Waals surface area contributed by atoms with E-state index in [0.29, 0.717) is 11.3 Å². The minimum Gasteiger partial charge on any atom is -0.495 e. The van der Waals surface area contributed by atoms with Crippen LogP contribution in [0, 0.1) is 13.8 Å². The monoisotopic (exact) mass is 292 g/mol. The van der Waals surface area contributed by atoms with Gasteiger partial charge in [0.05, 0.1) is 24.1 Å². The molecule has 0 unspecified atom stereocenters. The van der Waals surface area contributed by atoms with Gasteiger partial charge in [0.25, 0.3) is 0 Å². The Balaban J connectivity index is 2.09. The van der Waals surface area contributed by atoms with E-state index < -0.39 is 5.97 Å². The number of esters is 1. The lowest BCUT2D eigenvalue weighted by Gasteiger charge is -2.09. The summed E-state index contributed by atoms with van der Waals surface area (Å²) < 4.78 is 10.3. The standard InChI is InChI=1S/C14H16N2O3S/c1-8-9(2)20-12(16-8)7-19-14(17)10-5-4-6-11(18-3)13(10)15/h4-6H,7,15H2,1-3H3. The first kappa shape index (κ1) is 14.3. The molecular formula is C14H16N2O3S. The molecule has 20 heavy (non-hydrogen) atoms. The summed E-state index contributed by atoms with van der Waals surface area (Å²) in [5.74, 6) is -0.0210. The number of anilines is 1. The van der Waals surface area contributed by atoms with Crippen LogP contribution >= 0.6 is 11.3 Å². The van der Waals surface area contributed by atoms with Crippen molar-refractivity contribution in [3.63, 3.8) is 0 Å². The number of hydrogen-bond donors (Lipinski definition) is 1. The van der Waals surface area contributed by atoms with E-state index in [1.165, 1.54) is 18.4 Å². The molecule has 0 amide bonds. The first-order valence-electron chi connectivity index (χ1n) is 6.05. The Kier molecular flexibility index (Phi) is 4.24. The Morgan fingerprint density at radius 1 is 1.40 bits per heavy atom. The van der Waals surface area contributed by atoms with Crippen molar-refractivity contribution in [2.24, 2.45) is 0 Å². The number of ether oxygens (including phenoxy) is 2. The number of nitrogens with two attached hydrogens (primary N) is 1. The van der Waals surface area contributed by atoms with Crippen molar-refractivity contribution in [2.45, 2.75) is 20.5 Å². The lowest BCUT2D eigenvalue weighted by molar-refractivity contribution is 0.0473. The highest BCUT2D eigenvalue weighted by atomic mass is 32.1. The van der Waals surface area contributed by atoms with Gasteiger partial charge in [0.1, 0.15) is 17.4 Å². The topological polar surface area (TPSA) is 74.4 Å². The van der Waals surface area contributed by atoms with Gasteiger partial charge in [-0.05, 0) is 26.0 Å². The highest BCUT2D eigenvalue weighted by molar-refractivity contribution is 7.11. The first-order chi connectivity index (χ1) is 9.52. The third-order valence-electron chi connectivity index (χ3n) is 2.91. The minimum atomic E-state index is -0.480. The Hall–Kier alpha value is -2.08. The number of carbonyl (C=O) groups excluding carboxylic acids is 1. The highest BCUT2D eigenvalue weighted by Gasteiger charge is 2.15. The molecule has 5 nitrogen and oxygen atoms in total. The molecular weight excluding hydrogens is 276 g/mol. The van der Waals surface area contributed by atoms with Gasteiger partial charge in [0.2, 0.25) is 0 Å². The van der Waals surface area contributed by atoms with Crippen molar-refractivity contribution in [3.8, 4) is 5.75 Å². The number of rotatable bonds is 4. The fourth-order valence-corrected chi connectivity index (χ4v) is 2.55. The van der Waals surface area contributed by atoms with E-state index in [1.54, 1.807) is 18.2 Å². The second-order valence-corrected chi connectivity index (χ2v) is 5.53. The molecule has 6 heteroatoms. The molecule has 2 aromatic rings. The van der Waals surface area contributed by atoms with Crippen molar-refractivity contribution in [1.82, 2.24) is 4.98 Å². The summed E-state index contributed by atoms with van der Waals surface area (Å²) in [6.45, 7) is 4.06. The SMILES string of the molecule is COc1cccc(C(=O)OCc2nc(C)c(C)s2)c1N. The highest BCUT2D eigenvalue weighted by Crippen LogP contribution is 2.26. The second-order valence-electron chi connectivity index (χ2n) is 4.25. The summed E-state index contributed by atoms with van der Waals surface area (Å²) >= 11 is 1.52. The van der Waals surface area contributed by atoms with Gasteiger partial charge in [-0.2, -0.15) is 0 Å². The number of aromatic nitrogens is 1. The zero-order valence-corrected chi connectivity index (χ0v) is 12.4. The third-order valence-corrected chi connectivity index (χ3v) is 3.95. The summed E-state index contributed by atoms with van der Waals surface area (Å²) in [6, 6.07) is 5.00. The Bertz CT molecular complexity index is 618. The van der Waals surface area contributed by atoms with Crippen LogP contribution in [0.2, 0.25) is 0 Å². The van der Waals surface area contributed by atoms with Gasteiger partial charge in [0.15, 0.2) is 0 Å². The average molecular weight is 292 g/mol. The summed E-state index contributed by atoms with van der Waals surface area (Å²) in [5.41, 5.74) is 7.40. The molecule has 0 saturated heterocycles. The predicted octanol–water partition coefficient (Wildman–Crippen LogP) is 2.71. The fraction of sp³-hybridized carbons (Fsp3) is 0.286. The Labute approximate surface area is 121 Å². The molecule has 0 saturated carbocycles. The van der Waals surface area contributed by atoms with E-state index in [2.05, 4.69) is 4.98 Å². The molecule has 0 spiro atoms. The summed E-state index contributed by atoms with van der Waals surface area (Å²) in [6.07, 6.45) is 0. The van der Waals surface area contributed by atoms with Crippen LogP contribution in [0.3, 0.4) is 0 Å². The van der Waals surface area contributed by atoms with E-state index >= 15 is 0 Å². The number of para-hydroxylation sites is 1. The number of nitrogen functional groups attached to an aromatic ring is 1. The molecule has 0 fully saturated rings. The lowest BCUT2D eigenvalue weighted by Crippen LogP contribution is -2.09. The molecule has 0 aliphatic heterocycles. The number of thiazole rings is 1. The molecule has 0 atom stereocenters. The van der Waals surface area contributed by atoms with Crippen LogP contribution in [0.15, 0.2) is 18.2 Å². The zero-order chi connectivity index (χ0) is 14.7. The van der Waals surface area contributed by atoms with Crippen molar-refractivity contribution < 1.29 is 14.3 Å². The number of carbonyl (C=O) groups is 1. The molecule has 106 valence electrons. The maximum Gasteiger partial charge on any atom is 0.340 e. The average Bonchev–Trinajstić information content (AvgIpc) is 2.75. The molecule has 1 heterocycles. The zero-order valence-electron chi connectivity index (χ0n) is 11.6. The Morgan fingerprint density at radius 2 is 2.15 bits per heavy atom. The van der Waals surface area contributed by atoms with Crippen LogP contribution in [0.4, 0.5) is 5.69 Å². The largest absolute Gasteiger partial charge is 0.495 e. The molecule has 0 bridgehead atoms. The number of nitrogens with zero attached hydrogens (tertiary/aromatic N) is 1. The van der Waals surface area contributed by atoms with E-state index in [-0.39, 0.29) is 12.3 Å². The number of aryl methyl sites for hydroxylation is 2. The van der Waals surface area contributed by atoms with Crippen LogP contribution in [0.25, 0.3) is 0 Å². The summed E-state index contributed by atoms with van der Waals surface area (Å²) in [4.78, 5) is 17.5. The van der Waals surface area contributed by atoms with E-state index in [0.717, 1.165) is 15.6 Å². The third kappa shape index (κ3) is 2.91. The van der Waals surface area contributed by atoms with Gasteiger partial charge in [-0.15, -0.1) is 11.3 Å². The smallest absolute Gasteiger partial charge is 0.340 e. The van der Waals surface area contributed by atoms with Gasteiger partial charge < -0.3 is 15.2 Å². The maximum atomic E-state index is 12.0. The summed E-state index contributed by atoms with van der Waals surface area (Å²) in [7, 11) is 1.50. The van der Waals surface area contributed by atoms with E-state index in [4.69, 9.17) is 15.2 Å². The molecule has 0 radical (unpaired) electrons. The molecule has 1 aromatic carbocycles. The fourth-order valence-electron chi connectivity index (χ4n) is 1.71. The van der Waals surface area contributed by atoms with Gasteiger partial charge >= 0.3 is 5.97 Å². The van der Waals surface area contributed by atoms with Crippen molar-refractivity contribution in [2.75, 3.05) is 12.8 Å². The minimum absolute atomic E-state index is 0.148. The molecule has 2 rings (SSSR count). The van der Waals surface area contributed by atoms with E-state index in [1.807, 2.05) is 13.8 Å². The number of benzene rings is 1. The predicted molar refractivity (Wildman–Crippen MR) is 78.1 cm³/mol. The van der Waals surface area contributed by atoms with Crippen molar-refractivity contribution >= 4 is 23.0 Å².